The third-order valence-corrected chi connectivity index (χ3v) is 9.60. The van der Waals surface area contributed by atoms with Gasteiger partial charge in [0.25, 0.3) is 0 Å². The fraction of sp³-hybridized carbons (Fsp3) is 0. The van der Waals surface area contributed by atoms with E-state index in [4.69, 9.17) is 9.97 Å². The second-order valence-corrected chi connectivity index (χ2v) is 12.1. The van der Waals surface area contributed by atoms with Gasteiger partial charge in [0.15, 0.2) is 0 Å². The lowest BCUT2D eigenvalue weighted by atomic mass is 10.0. The number of aromatic nitrogens is 3. The van der Waals surface area contributed by atoms with Gasteiger partial charge in [0.2, 0.25) is 5.95 Å². The molecule has 0 aliphatic carbocycles. The van der Waals surface area contributed by atoms with Gasteiger partial charge in [-0.25, -0.2) is 9.97 Å². The lowest BCUT2D eigenvalue weighted by molar-refractivity contribution is 1.01. The molecule has 0 saturated carbocycles. The molecule has 0 saturated heterocycles. The molecular formula is C39H22N4S. The molecule has 5 heteroatoms. The van der Waals surface area contributed by atoms with Crippen LogP contribution in [-0.2, 0) is 0 Å². The van der Waals surface area contributed by atoms with Gasteiger partial charge in [0.1, 0.15) is 0 Å². The summed E-state index contributed by atoms with van der Waals surface area (Å²) in [5.41, 5.74) is 7.81. The van der Waals surface area contributed by atoms with E-state index in [1.165, 1.54) is 30.9 Å². The Bertz CT molecular complexity index is 2600. The maximum absolute atomic E-state index is 9.17. The molecule has 0 spiro atoms. The smallest absolute Gasteiger partial charge is 0.235 e. The molecule has 3 aromatic heterocycles. The molecule has 204 valence electrons. The average molecular weight is 579 g/mol. The highest BCUT2D eigenvalue weighted by Gasteiger charge is 2.19. The zero-order valence-electron chi connectivity index (χ0n) is 23.4. The fourth-order valence-corrected chi connectivity index (χ4v) is 7.47. The van der Waals surface area contributed by atoms with E-state index in [-0.39, 0.29) is 0 Å². The summed E-state index contributed by atoms with van der Waals surface area (Å²) in [6.07, 6.45) is 0. The number of benzene rings is 6. The van der Waals surface area contributed by atoms with E-state index in [0.29, 0.717) is 11.5 Å². The van der Waals surface area contributed by atoms with E-state index in [1.54, 1.807) is 0 Å². The van der Waals surface area contributed by atoms with Gasteiger partial charge in [0, 0.05) is 41.9 Å². The van der Waals surface area contributed by atoms with Crippen LogP contribution in [0.3, 0.4) is 0 Å². The number of para-hydroxylation sites is 2. The number of hydrogen-bond acceptors (Lipinski definition) is 4. The second kappa shape index (κ2) is 9.60. The predicted molar refractivity (Wildman–Crippen MR) is 182 cm³/mol. The first-order valence-corrected chi connectivity index (χ1v) is 15.3. The summed E-state index contributed by atoms with van der Waals surface area (Å²) in [4.78, 5) is 10.4. The topological polar surface area (TPSA) is 54.5 Å². The SMILES string of the molecule is N#Cc1ccc(-c2ccc(-c3nc(-n4c5ccccc5c5cc6sc7ccccc7c6cc54)nc4ccccc34)cc2)cc1. The van der Waals surface area contributed by atoms with Crippen LogP contribution in [0.1, 0.15) is 5.56 Å². The van der Waals surface area contributed by atoms with Crippen LogP contribution in [0.2, 0.25) is 0 Å². The Morgan fingerprint density at radius 1 is 0.523 bits per heavy atom. The van der Waals surface area contributed by atoms with Crippen LogP contribution >= 0.6 is 11.3 Å². The van der Waals surface area contributed by atoms with Crippen molar-refractivity contribution in [2.75, 3.05) is 0 Å². The molecular weight excluding hydrogens is 557 g/mol. The number of hydrogen-bond donors (Lipinski definition) is 0. The summed E-state index contributed by atoms with van der Waals surface area (Å²) in [7, 11) is 0. The van der Waals surface area contributed by atoms with Crippen LogP contribution in [0, 0.1) is 11.3 Å². The lowest BCUT2D eigenvalue weighted by Crippen LogP contribution is -2.03. The van der Waals surface area contributed by atoms with Crippen LogP contribution in [0.4, 0.5) is 0 Å². The van der Waals surface area contributed by atoms with Crippen molar-refractivity contribution in [2.24, 2.45) is 0 Å². The number of nitrogens with zero attached hydrogens (tertiary/aromatic N) is 4. The number of thiophene rings is 1. The van der Waals surface area contributed by atoms with Gasteiger partial charge < -0.3 is 0 Å². The fourth-order valence-electron chi connectivity index (χ4n) is 6.34. The average Bonchev–Trinajstić information content (AvgIpc) is 3.61. The van der Waals surface area contributed by atoms with Crippen LogP contribution in [0.25, 0.3) is 81.2 Å². The van der Waals surface area contributed by atoms with Crippen LogP contribution < -0.4 is 0 Å². The maximum Gasteiger partial charge on any atom is 0.235 e. The van der Waals surface area contributed by atoms with Crippen LogP contribution in [0.15, 0.2) is 133 Å². The molecule has 44 heavy (non-hydrogen) atoms. The molecule has 0 atom stereocenters. The van der Waals surface area contributed by atoms with Crippen LogP contribution in [-0.4, -0.2) is 14.5 Å². The standard InChI is InChI=1S/C39H22N4S/c40-23-24-13-15-25(16-14-24)26-17-19-27(20-18-26)38-30-9-1-4-10-33(30)41-39(42-38)43-34-11-5-2-7-28(34)31-22-37-32(21-35(31)43)29-8-3-6-12-36(29)44-37/h1-22H. The normalized spacial score (nSPS) is 11.6. The highest BCUT2D eigenvalue weighted by atomic mass is 32.1. The maximum atomic E-state index is 9.17. The van der Waals surface area contributed by atoms with Gasteiger partial charge in [-0.15, -0.1) is 11.3 Å². The van der Waals surface area contributed by atoms with Gasteiger partial charge in [-0.05, 0) is 53.6 Å². The first kappa shape index (κ1) is 24.7. The Morgan fingerprint density at radius 3 is 1.98 bits per heavy atom. The van der Waals surface area contributed by atoms with E-state index in [1.807, 2.05) is 47.7 Å². The minimum atomic E-state index is 0.653. The minimum Gasteiger partial charge on any atom is -0.278 e. The van der Waals surface area contributed by atoms with Gasteiger partial charge in [-0.1, -0.05) is 91.0 Å². The number of rotatable bonds is 3. The Labute approximate surface area is 256 Å². The first-order valence-electron chi connectivity index (χ1n) is 14.5. The Morgan fingerprint density at radius 2 is 1.18 bits per heavy atom. The van der Waals surface area contributed by atoms with Gasteiger partial charge >= 0.3 is 0 Å². The summed E-state index contributed by atoms with van der Waals surface area (Å²) >= 11 is 1.84. The summed E-state index contributed by atoms with van der Waals surface area (Å²) in [6.45, 7) is 0. The largest absolute Gasteiger partial charge is 0.278 e. The zero-order chi connectivity index (χ0) is 29.2. The highest BCUT2D eigenvalue weighted by Crippen LogP contribution is 2.40. The molecule has 4 nitrogen and oxygen atoms in total. The Hall–Kier alpha value is -5.83. The summed E-state index contributed by atoms with van der Waals surface area (Å²) < 4.78 is 4.79. The molecule has 0 amide bonds. The van der Waals surface area contributed by atoms with E-state index in [2.05, 4.69) is 108 Å². The summed E-state index contributed by atoms with van der Waals surface area (Å²) in [5.74, 6) is 0.653. The van der Waals surface area contributed by atoms with Crippen molar-refractivity contribution < 1.29 is 0 Å². The molecule has 9 rings (SSSR count). The van der Waals surface area contributed by atoms with E-state index in [9.17, 15) is 5.26 Å². The molecule has 0 aliphatic heterocycles. The van der Waals surface area contributed by atoms with Crippen molar-refractivity contribution in [3.63, 3.8) is 0 Å². The quantitative estimate of drug-likeness (QED) is 0.210. The highest BCUT2D eigenvalue weighted by molar-refractivity contribution is 7.25. The molecule has 0 N–H and O–H groups in total. The Balaban J connectivity index is 1.28. The van der Waals surface area contributed by atoms with Crippen LogP contribution in [0.5, 0.6) is 0 Å². The molecule has 6 aromatic carbocycles. The second-order valence-electron chi connectivity index (χ2n) is 11.0. The van der Waals surface area contributed by atoms with Crippen molar-refractivity contribution in [3.05, 3.63) is 139 Å². The van der Waals surface area contributed by atoms with Crippen molar-refractivity contribution in [2.45, 2.75) is 0 Å². The first-order chi connectivity index (χ1) is 21.7. The summed E-state index contributed by atoms with van der Waals surface area (Å²) in [6, 6.07) is 48.4. The van der Waals surface area contributed by atoms with Gasteiger partial charge in [0.05, 0.1) is 33.9 Å². The molecule has 0 aliphatic rings. The van der Waals surface area contributed by atoms with Crippen molar-refractivity contribution in [1.82, 2.24) is 14.5 Å². The third kappa shape index (κ3) is 3.75. The van der Waals surface area contributed by atoms with Gasteiger partial charge in [-0.2, -0.15) is 5.26 Å². The zero-order valence-corrected chi connectivity index (χ0v) is 24.2. The predicted octanol–water partition coefficient (Wildman–Crippen LogP) is 10.3. The Kier molecular flexibility index (Phi) is 5.40. The van der Waals surface area contributed by atoms with Crippen molar-refractivity contribution in [3.8, 4) is 34.4 Å². The summed E-state index contributed by atoms with van der Waals surface area (Å²) in [5, 5.41) is 15.1. The van der Waals surface area contributed by atoms with Crippen molar-refractivity contribution >= 4 is 64.2 Å². The molecule has 3 heterocycles. The number of nitriles is 1. The van der Waals surface area contributed by atoms with E-state index in [0.717, 1.165) is 44.3 Å². The molecule has 0 unspecified atom stereocenters. The molecule has 0 fully saturated rings. The third-order valence-electron chi connectivity index (χ3n) is 8.47. The van der Waals surface area contributed by atoms with Gasteiger partial charge in [-0.3, -0.25) is 4.57 Å². The minimum absolute atomic E-state index is 0.653. The van der Waals surface area contributed by atoms with E-state index < -0.39 is 0 Å². The molecule has 0 bridgehead atoms. The van der Waals surface area contributed by atoms with Crippen molar-refractivity contribution in [1.29, 1.82) is 5.26 Å². The monoisotopic (exact) mass is 578 g/mol. The lowest BCUT2D eigenvalue weighted by Gasteiger charge is -2.12. The van der Waals surface area contributed by atoms with E-state index >= 15 is 0 Å². The molecule has 0 radical (unpaired) electrons. The molecule has 9 aromatic rings. The number of fused-ring (bicyclic) bond motifs is 7.